The zero-order valence-electron chi connectivity index (χ0n) is 7.29. The van der Waals surface area contributed by atoms with Crippen LogP contribution in [0.4, 0.5) is 0 Å². The van der Waals surface area contributed by atoms with Crippen molar-refractivity contribution >= 4 is 18.5 Å². The molecule has 70 valence electrons. The summed E-state index contributed by atoms with van der Waals surface area (Å²) in [6.45, 7) is 3.81. The molecule has 0 bridgehead atoms. The van der Waals surface area contributed by atoms with Crippen LogP contribution in [0, 0.1) is 0 Å². The van der Waals surface area contributed by atoms with Gasteiger partial charge >= 0.3 is 0 Å². The first-order valence-corrected chi connectivity index (χ1v) is 4.69. The van der Waals surface area contributed by atoms with Crippen molar-refractivity contribution in [3.8, 4) is 0 Å². The van der Waals surface area contributed by atoms with Gasteiger partial charge in [0, 0.05) is 26.2 Å². The molecule has 0 aromatic heterocycles. The molecule has 0 aromatic rings. The number of hydrogen-bond acceptors (Lipinski definition) is 4. The van der Waals surface area contributed by atoms with Crippen LogP contribution in [-0.2, 0) is 4.79 Å². The maximum Gasteiger partial charge on any atom is 0.243 e. The Bertz CT molecular complexity index is 157. The fourth-order valence-electron chi connectivity index (χ4n) is 1.13. The molecule has 0 aliphatic carbocycles. The van der Waals surface area contributed by atoms with Gasteiger partial charge in [0.25, 0.3) is 0 Å². The van der Waals surface area contributed by atoms with Crippen LogP contribution in [0.2, 0.25) is 0 Å². The van der Waals surface area contributed by atoms with Crippen molar-refractivity contribution < 1.29 is 4.79 Å². The van der Waals surface area contributed by atoms with E-state index in [0.29, 0.717) is 0 Å². The molecule has 1 N–H and O–H groups in total. The number of piperazine rings is 1. The zero-order chi connectivity index (χ0) is 8.97. The highest BCUT2D eigenvalue weighted by atomic mass is 32.1. The molecule has 0 radical (unpaired) electrons. The average molecular weight is 189 g/mol. The highest BCUT2D eigenvalue weighted by Crippen LogP contribution is 1.95. The number of nitrogens with one attached hydrogen (secondary N) is 1. The lowest BCUT2D eigenvalue weighted by molar-refractivity contribution is -0.124. The van der Waals surface area contributed by atoms with E-state index in [4.69, 9.17) is 0 Å². The molecule has 1 amide bonds. The zero-order valence-corrected chi connectivity index (χ0v) is 8.18. The van der Waals surface area contributed by atoms with Crippen LogP contribution in [0.5, 0.6) is 0 Å². The summed E-state index contributed by atoms with van der Waals surface area (Å²) in [5.41, 5.74) is 2.78. The van der Waals surface area contributed by atoms with E-state index in [0.717, 1.165) is 26.2 Å². The Morgan fingerprint density at radius 1 is 1.42 bits per heavy atom. The van der Waals surface area contributed by atoms with Gasteiger partial charge in [-0.15, -0.1) is 0 Å². The number of likely N-dealkylation sites (N-methyl/N-ethyl adjacent to an activating group) is 1. The average Bonchev–Trinajstić information content (AvgIpc) is 2.09. The molecule has 0 aromatic carbocycles. The minimum absolute atomic E-state index is 0.0251. The van der Waals surface area contributed by atoms with Gasteiger partial charge in [-0.3, -0.25) is 10.2 Å². The Labute approximate surface area is 78.3 Å². The summed E-state index contributed by atoms with van der Waals surface area (Å²) in [6, 6.07) is 0. The number of hydrazine groups is 1. The number of nitrogens with zero attached hydrogens (tertiary/aromatic N) is 2. The molecule has 0 saturated carbocycles. The van der Waals surface area contributed by atoms with Crippen LogP contribution in [0.1, 0.15) is 0 Å². The molecule has 1 aliphatic heterocycles. The Morgan fingerprint density at radius 2 is 2.00 bits per heavy atom. The van der Waals surface area contributed by atoms with Gasteiger partial charge < -0.3 is 4.90 Å². The Hall–Kier alpha value is -0.260. The van der Waals surface area contributed by atoms with Crippen molar-refractivity contribution in [2.45, 2.75) is 0 Å². The lowest BCUT2D eigenvalue weighted by atomic mass is 10.4. The van der Waals surface area contributed by atoms with E-state index in [-0.39, 0.29) is 11.7 Å². The Kier molecular flexibility index (Phi) is 3.84. The van der Waals surface area contributed by atoms with Crippen LogP contribution in [0.25, 0.3) is 0 Å². The Balaban J connectivity index is 2.21. The van der Waals surface area contributed by atoms with Gasteiger partial charge in [0.05, 0.1) is 5.75 Å². The van der Waals surface area contributed by atoms with Gasteiger partial charge in [0.2, 0.25) is 5.91 Å². The first-order chi connectivity index (χ1) is 5.72. The van der Waals surface area contributed by atoms with Gasteiger partial charge in [-0.05, 0) is 7.05 Å². The van der Waals surface area contributed by atoms with E-state index in [9.17, 15) is 4.79 Å². The molecule has 0 atom stereocenters. The van der Waals surface area contributed by atoms with Crippen LogP contribution < -0.4 is 5.43 Å². The van der Waals surface area contributed by atoms with E-state index >= 15 is 0 Å². The lowest BCUT2D eigenvalue weighted by Gasteiger charge is -2.32. The molecule has 12 heavy (non-hydrogen) atoms. The van der Waals surface area contributed by atoms with Gasteiger partial charge in [-0.2, -0.15) is 12.6 Å². The van der Waals surface area contributed by atoms with E-state index in [1.807, 2.05) is 5.01 Å². The monoisotopic (exact) mass is 189 g/mol. The third kappa shape index (κ3) is 3.00. The second-order valence-electron chi connectivity index (χ2n) is 2.98. The molecule has 4 nitrogen and oxygen atoms in total. The number of rotatable bonds is 2. The summed E-state index contributed by atoms with van der Waals surface area (Å²) < 4.78 is 0. The van der Waals surface area contributed by atoms with Crippen LogP contribution in [-0.4, -0.2) is 54.8 Å². The standard InChI is InChI=1S/C7H15N3OS/c1-9-2-4-10(5-3-9)8-7(11)6-12/h12H,2-6H2,1H3,(H,8,11). The number of carbonyl (C=O) groups excluding carboxylic acids is 1. The highest BCUT2D eigenvalue weighted by Gasteiger charge is 2.14. The largest absolute Gasteiger partial charge is 0.304 e. The molecule has 1 rings (SSSR count). The van der Waals surface area contributed by atoms with Crippen LogP contribution >= 0.6 is 12.6 Å². The summed E-state index contributed by atoms with van der Waals surface area (Å²) >= 11 is 3.88. The molecule has 1 aliphatic rings. The SMILES string of the molecule is CN1CCN(NC(=O)CS)CC1. The number of thiol groups is 1. The quantitative estimate of drug-likeness (QED) is 0.558. The third-order valence-electron chi connectivity index (χ3n) is 1.93. The second-order valence-corrected chi connectivity index (χ2v) is 3.30. The summed E-state index contributed by atoms with van der Waals surface area (Å²) in [5, 5.41) is 1.94. The number of carbonyl (C=O) groups is 1. The van der Waals surface area contributed by atoms with Gasteiger partial charge in [0.1, 0.15) is 0 Å². The van der Waals surface area contributed by atoms with Gasteiger partial charge in [-0.1, -0.05) is 0 Å². The van der Waals surface area contributed by atoms with Crippen molar-refractivity contribution in [3.63, 3.8) is 0 Å². The molecular formula is C7H15N3OS. The van der Waals surface area contributed by atoms with E-state index in [1.54, 1.807) is 0 Å². The fraction of sp³-hybridized carbons (Fsp3) is 0.857. The summed E-state index contributed by atoms with van der Waals surface area (Å²) in [5.74, 6) is 0.231. The molecule has 0 unspecified atom stereocenters. The predicted octanol–water partition coefficient (Wildman–Crippen LogP) is -0.805. The van der Waals surface area contributed by atoms with Gasteiger partial charge in [0.15, 0.2) is 0 Å². The molecule has 1 heterocycles. The minimum Gasteiger partial charge on any atom is -0.304 e. The number of hydrogen-bond donors (Lipinski definition) is 2. The minimum atomic E-state index is -0.0251. The topological polar surface area (TPSA) is 35.6 Å². The van der Waals surface area contributed by atoms with Gasteiger partial charge in [-0.25, -0.2) is 5.01 Å². The normalized spacial score (nSPS) is 20.8. The molecule has 0 spiro atoms. The van der Waals surface area contributed by atoms with E-state index in [2.05, 4.69) is 30.0 Å². The third-order valence-corrected chi connectivity index (χ3v) is 2.22. The first-order valence-electron chi connectivity index (χ1n) is 4.06. The molecule has 5 heteroatoms. The second kappa shape index (κ2) is 4.69. The lowest BCUT2D eigenvalue weighted by Crippen LogP contribution is -2.52. The van der Waals surface area contributed by atoms with Crippen LogP contribution in [0.15, 0.2) is 0 Å². The van der Waals surface area contributed by atoms with Crippen molar-refractivity contribution in [2.75, 3.05) is 39.0 Å². The maximum absolute atomic E-state index is 10.9. The summed E-state index contributed by atoms with van der Waals surface area (Å²) in [7, 11) is 2.08. The molecule has 1 fully saturated rings. The summed E-state index contributed by atoms with van der Waals surface area (Å²) in [6.07, 6.45) is 0. The van der Waals surface area contributed by atoms with E-state index < -0.39 is 0 Å². The van der Waals surface area contributed by atoms with Crippen molar-refractivity contribution in [2.24, 2.45) is 0 Å². The van der Waals surface area contributed by atoms with Crippen molar-refractivity contribution in [1.82, 2.24) is 15.3 Å². The maximum atomic E-state index is 10.9. The predicted molar refractivity (Wildman–Crippen MR) is 51.1 cm³/mol. The molecular weight excluding hydrogens is 174 g/mol. The smallest absolute Gasteiger partial charge is 0.243 e. The summed E-state index contributed by atoms with van der Waals surface area (Å²) in [4.78, 5) is 13.2. The van der Waals surface area contributed by atoms with Crippen molar-refractivity contribution in [3.05, 3.63) is 0 Å². The van der Waals surface area contributed by atoms with E-state index in [1.165, 1.54) is 0 Å². The molecule has 1 saturated heterocycles. The fourth-order valence-corrected chi connectivity index (χ4v) is 1.20. The number of amides is 1. The first kappa shape index (κ1) is 9.83. The van der Waals surface area contributed by atoms with Crippen molar-refractivity contribution in [1.29, 1.82) is 0 Å². The highest BCUT2D eigenvalue weighted by molar-refractivity contribution is 7.81. The Morgan fingerprint density at radius 3 is 2.50 bits per heavy atom. The van der Waals surface area contributed by atoms with Crippen LogP contribution in [0.3, 0.4) is 0 Å².